The van der Waals surface area contributed by atoms with Gasteiger partial charge in [-0.2, -0.15) is 0 Å². The lowest BCUT2D eigenvalue weighted by Crippen LogP contribution is -2.06. The van der Waals surface area contributed by atoms with E-state index in [2.05, 4.69) is 18.4 Å². The number of hydrogen-bond donors (Lipinski definition) is 2. The highest BCUT2D eigenvalue weighted by molar-refractivity contribution is 7.98. The Bertz CT molecular complexity index is 591. The Kier molecular flexibility index (Phi) is 6.49. The summed E-state index contributed by atoms with van der Waals surface area (Å²) in [6.45, 7) is 1.48. The minimum Gasteiger partial charge on any atom is -0.478 e. The van der Waals surface area contributed by atoms with Crippen LogP contribution in [0.2, 0.25) is 0 Å². The number of benzene rings is 2. The zero-order valence-corrected chi connectivity index (χ0v) is 12.6. The van der Waals surface area contributed by atoms with Crippen LogP contribution in [-0.4, -0.2) is 28.4 Å². The summed E-state index contributed by atoms with van der Waals surface area (Å²) in [5, 5.41) is 17.4. The van der Waals surface area contributed by atoms with Crippen LogP contribution in [0.1, 0.15) is 26.3 Å². The van der Waals surface area contributed by atoms with E-state index in [-0.39, 0.29) is 16.7 Å². The third-order valence-corrected chi connectivity index (χ3v) is 3.52. The summed E-state index contributed by atoms with van der Waals surface area (Å²) in [6, 6.07) is 14.5. The molecule has 0 radical (unpaired) electrons. The maximum atomic E-state index is 10.6. The molecule has 0 aromatic heterocycles. The highest BCUT2D eigenvalue weighted by Crippen LogP contribution is 2.13. The Hall–Kier alpha value is -2.27. The Morgan fingerprint density at radius 2 is 1.33 bits per heavy atom. The Morgan fingerprint density at radius 1 is 0.857 bits per heavy atom. The summed E-state index contributed by atoms with van der Waals surface area (Å²) in [6.07, 6.45) is 2.08. The van der Waals surface area contributed by atoms with Crippen LogP contribution in [0.25, 0.3) is 0 Å². The van der Waals surface area contributed by atoms with Crippen LogP contribution in [0.3, 0.4) is 0 Å². The largest absolute Gasteiger partial charge is 0.478 e. The topological polar surface area (TPSA) is 74.6 Å². The summed E-state index contributed by atoms with van der Waals surface area (Å²) in [5.74, 6) is -2.22. The lowest BCUT2D eigenvalue weighted by Gasteiger charge is -2.03. The minimum atomic E-state index is -1.11. The van der Waals surface area contributed by atoms with Gasteiger partial charge >= 0.3 is 11.9 Å². The molecule has 0 aliphatic carbocycles. The van der Waals surface area contributed by atoms with Gasteiger partial charge in [0.15, 0.2) is 0 Å². The normalized spacial score (nSPS) is 9.43. The highest BCUT2D eigenvalue weighted by Gasteiger charge is 2.13. The first kappa shape index (κ1) is 16.8. The third-order valence-electron chi connectivity index (χ3n) is 2.77. The average Bonchev–Trinajstić information content (AvgIpc) is 2.48. The Labute approximate surface area is 127 Å². The molecule has 0 saturated carbocycles. The van der Waals surface area contributed by atoms with E-state index in [0.29, 0.717) is 0 Å². The molecule has 0 saturated heterocycles. The van der Waals surface area contributed by atoms with Crippen LogP contribution < -0.4 is 0 Å². The molecule has 0 atom stereocenters. The van der Waals surface area contributed by atoms with E-state index >= 15 is 0 Å². The maximum Gasteiger partial charge on any atom is 0.335 e. The van der Waals surface area contributed by atoms with Crippen molar-refractivity contribution in [2.45, 2.75) is 11.8 Å². The van der Waals surface area contributed by atoms with Crippen molar-refractivity contribution in [3.05, 3.63) is 65.2 Å². The Balaban J connectivity index is 0.000000235. The SMILES string of the molecule is CSc1ccccc1.Cc1c(C(=O)O)cccc1C(=O)O. The van der Waals surface area contributed by atoms with Crippen LogP contribution in [0, 0.1) is 6.92 Å². The van der Waals surface area contributed by atoms with Gasteiger partial charge in [0.25, 0.3) is 0 Å². The van der Waals surface area contributed by atoms with Crippen molar-refractivity contribution in [3.63, 3.8) is 0 Å². The molecular weight excluding hydrogens is 288 g/mol. The van der Waals surface area contributed by atoms with Crippen molar-refractivity contribution < 1.29 is 19.8 Å². The Morgan fingerprint density at radius 3 is 1.67 bits per heavy atom. The van der Waals surface area contributed by atoms with E-state index < -0.39 is 11.9 Å². The van der Waals surface area contributed by atoms with Crippen LogP contribution in [0.15, 0.2) is 53.4 Å². The molecule has 0 bridgehead atoms. The van der Waals surface area contributed by atoms with E-state index in [1.165, 1.54) is 30.0 Å². The second kappa shape index (κ2) is 8.11. The maximum absolute atomic E-state index is 10.6. The first-order valence-corrected chi connectivity index (χ1v) is 7.35. The molecule has 2 N–H and O–H groups in total. The smallest absolute Gasteiger partial charge is 0.335 e. The molecule has 0 spiro atoms. The first-order valence-electron chi connectivity index (χ1n) is 6.12. The van der Waals surface area contributed by atoms with Gasteiger partial charge in [-0.1, -0.05) is 24.3 Å². The molecule has 0 aliphatic rings. The number of hydrogen-bond acceptors (Lipinski definition) is 3. The van der Waals surface area contributed by atoms with Crippen molar-refractivity contribution in [1.29, 1.82) is 0 Å². The molecule has 0 heterocycles. The van der Waals surface area contributed by atoms with Crippen LogP contribution in [0.5, 0.6) is 0 Å². The number of aromatic carboxylic acids is 2. The number of carbonyl (C=O) groups is 2. The molecule has 0 unspecified atom stereocenters. The van der Waals surface area contributed by atoms with Crippen molar-refractivity contribution in [1.82, 2.24) is 0 Å². The summed E-state index contributed by atoms with van der Waals surface area (Å²) >= 11 is 1.77. The number of rotatable bonds is 3. The molecule has 4 nitrogen and oxygen atoms in total. The van der Waals surface area contributed by atoms with Gasteiger partial charge in [-0.25, -0.2) is 9.59 Å². The quantitative estimate of drug-likeness (QED) is 0.844. The predicted molar refractivity (Wildman–Crippen MR) is 83.3 cm³/mol. The van der Waals surface area contributed by atoms with Crippen LogP contribution in [-0.2, 0) is 0 Å². The van der Waals surface area contributed by atoms with Gasteiger partial charge in [0.2, 0.25) is 0 Å². The predicted octanol–water partition coefficient (Wildman–Crippen LogP) is 3.80. The van der Waals surface area contributed by atoms with Crippen LogP contribution in [0.4, 0.5) is 0 Å². The second-order valence-electron chi connectivity index (χ2n) is 4.11. The van der Waals surface area contributed by atoms with Crippen molar-refractivity contribution in [2.75, 3.05) is 6.26 Å². The number of carboxylic acid groups (broad SMARTS) is 2. The molecule has 0 aliphatic heterocycles. The summed E-state index contributed by atoms with van der Waals surface area (Å²) in [4.78, 5) is 22.5. The van der Waals surface area contributed by atoms with E-state index in [1.54, 1.807) is 11.8 Å². The van der Waals surface area contributed by atoms with E-state index in [0.717, 1.165) is 0 Å². The number of carboxylic acids is 2. The van der Waals surface area contributed by atoms with Gasteiger partial charge < -0.3 is 10.2 Å². The van der Waals surface area contributed by atoms with Gasteiger partial charge in [-0.05, 0) is 43.0 Å². The standard InChI is InChI=1S/C9H8O4.C7H8S/c1-5-6(8(10)11)3-2-4-7(5)9(12)13;1-8-7-5-3-2-4-6-7/h2-4H,1H3,(H,10,11)(H,12,13);2-6H,1H3. The fourth-order valence-electron chi connectivity index (χ4n) is 1.66. The minimum absolute atomic E-state index is 0.0277. The van der Waals surface area contributed by atoms with Crippen molar-refractivity contribution >= 4 is 23.7 Å². The van der Waals surface area contributed by atoms with Gasteiger partial charge in [0.1, 0.15) is 0 Å². The molecule has 2 aromatic carbocycles. The van der Waals surface area contributed by atoms with Crippen molar-refractivity contribution in [2.24, 2.45) is 0 Å². The molecule has 0 fully saturated rings. The monoisotopic (exact) mass is 304 g/mol. The van der Waals surface area contributed by atoms with E-state index in [1.807, 2.05) is 18.2 Å². The third kappa shape index (κ3) is 4.96. The fourth-order valence-corrected chi connectivity index (χ4v) is 2.08. The van der Waals surface area contributed by atoms with Gasteiger partial charge in [-0.3, -0.25) is 0 Å². The zero-order chi connectivity index (χ0) is 15.8. The molecule has 110 valence electrons. The zero-order valence-electron chi connectivity index (χ0n) is 11.7. The van der Waals surface area contributed by atoms with Gasteiger partial charge in [0, 0.05) is 4.90 Å². The van der Waals surface area contributed by atoms with Crippen LogP contribution >= 0.6 is 11.8 Å². The fraction of sp³-hybridized carbons (Fsp3) is 0.125. The lowest BCUT2D eigenvalue weighted by atomic mass is 10.0. The van der Waals surface area contributed by atoms with Gasteiger partial charge in [-0.15, -0.1) is 11.8 Å². The van der Waals surface area contributed by atoms with E-state index in [4.69, 9.17) is 10.2 Å². The first-order chi connectivity index (χ1) is 9.97. The van der Waals surface area contributed by atoms with Gasteiger partial charge in [0.05, 0.1) is 11.1 Å². The van der Waals surface area contributed by atoms with Crippen molar-refractivity contribution in [3.8, 4) is 0 Å². The second-order valence-corrected chi connectivity index (χ2v) is 4.99. The molecule has 2 rings (SSSR count). The molecular formula is C16H16O4S. The molecule has 5 heteroatoms. The molecule has 2 aromatic rings. The lowest BCUT2D eigenvalue weighted by molar-refractivity contribution is 0.0696. The highest BCUT2D eigenvalue weighted by atomic mass is 32.2. The summed E-state index contributed by atoms with van der Waals surface area (Å²) < 4.78 is 0. The molecule has 0 amide bonds. The van der Waals surface area contributed by atoms with E-state index in [9.17, 15) is 9.59 Å². The summed E-state index contributed by atoms with van der Waals surface area (Å²) in [5.41, 5.74) is 0.335. The average molecular weight is 304 g/mol. The molecule has 21 heavy (non-hydrogen) atoms. The number of thioether (sulfide) groups is 1. The summed E-state index contributed by atoms with van der Waals surface area (Å²) in [7, 11) is 0.